The third-order valence-corrected chi connectivity index (χ3v) is 4.10. The monoisotopic (exact) mass is 246 g/mol. The van der Waals surface area contributed by atoms with E-state index < -0.39 is 0 Å². The van der Waals surface area contributed by atoms with E-state index in [2.05, 4.69) is 39.5 Å². The van der Waals surface area contributed by atoms with Crippen LogP contribution in [0.4, 0.5) is 5.82 Å². The second kappa shape index (κ2) is 5.22. The summed E-state index contributed by atoms with van der Waals surface area (Å²) in [6.07, 6.45) is 3.93. The van der Waals surface area contributed by atoms with Gasteiger partial charge in [0.15, 0.2) is 5.82 Å². The van der Waals surface area contributed by atoms with Gasteiger partial charge < -0.3 is 10.2 Å². The van der Waals surface area contributed by atoms with Crippen LogP contribution in [-0.4, -0.2) is 36.4 Å². The Morgan fingerprint density at radius 3 is 2.83 bits per heavy atom. The van der Waals surface area contributed by atoms with Crippen molar-refractivity contribution in [3.8, 4) is 0 Å². The molecule has 1 saturated carbocycles. The fraction of sp³-hybridized carbons (Fsp3) is 0.714. The van der Waals surface area contributed by atoms with Gasteiger partial charge in [-0.05, 0) is 37.4 Å². The molecular weight excluding hydrogens is 224 g/mol. The van der Waals surface area contributed by atoms with E-state index in [1.165, 1.54) is 25.0 Å². The average molecular weight is 246 g/mol. The lowest BCUT2D eigenvalue weighted by molar-refractivity contribution is 0.408. The zero-order valence-corrected chi connectivity index (χ0v) is 11.1. The van der Waals surface area contributed by atoms with Crippen LogP contribution in [0.3, 0.4) is 0 Å². The van der Waals surface area contributed by atoms with E-state index in [0.29, 0.717) is 11.8 Å². The summed E-state index contributed by atoms with van der Waals surface area (Å²) in [6, 6.07) is 4.33. The molecule has 1 saturated heterocycles. The van der Waals surface area contributed by atoms with E-state index >= 15 is 0 Å². The highest BCUT2D eigenvalue weighted by Crippen LogP contribution is 2.35. The lowest BCUT2D eigenvalue weighted by Crippen LogP contribution is -2.30. The summed E-state index contributed by atoms with van der Waals surface area (Å²) < 4.78 is 0. The molecule has 18 heavy (non-hydrogen) atoms. The molecule has 1 unspecified atom stereocenters. The predicted octanol–water partition coefficient (Wildman–Crippen LogP) is 1.79. The van der Waals surface area contributed by atoms with Crippen LogP contribution in [-0.2, 0) is 0 Å². The second-order valence-electron chi connectivity index (χ2n) is 5.70. The molecule has 1 atom stereocenters. The molecule has 4 nitrogen and oxygen atoms in total. The molecule has 1 N–H and O–H groups in total. The van der Waals surface area contributed by atoms with E-state index in [4.69, 9.17) is 0 Å². The van der Waals surface area contributed by atoms with E-state index in [1.807, 2.05) is 0 Å². The fourth-order valence-corrected chi connectivity index (χ4v) is 2.73. The van der Waals surface area contributed by atoms with Crippen molar-refractivity contribution in [1.29, 1.82) is 0 Å². The van der Waals surface area contributed by atoms with E-state index in [9.17, 15) is 0 Å². The quantitative estimate of drug-likeness (QED) is 0.864. The third-order valence-electron chi connectivity index (χ3n) is 4.10. The Bertz CT molecular complexity index is 385. The maximum absolute atomic E-state index is 4.43. The van der Waals surface area contributed by atoms with Gasteiger partial charge in [-0.1, -0.05) is 13.3 Å². The van der Waals surface area contributed by atoms with E-state index in [-0.39, 0.29) is 0 Å². The highest BCUT2D eigenvalue weighted by molar-refractivity contribution is 5.38. The highest BCUT2D eigenvalue weighted by Gasteiger charge is 2.22. The Hall–Kier alpha value is -1.16. The predicted molar refractivity (Wildman–Crippen MR) is 72.9 cm³/mol. The maximum Gasteiger partial charge on any atom is 0.151 e. The van der Waals surface area contributed by atoms with Crippen molar-refractivity contribution >= 4 is 5.82 Å². The average Bonchev–Trinajstić information content (AvgIpc) is 2.53. The van der Waals surface area contributed by atoms with Crippen LogP contribution in [0, 0.1) is 5.92 Å². The normalized spacial score (nSPS) is 25.6. The van der Waals surface area contributed by atoms with Gasteiger partial charge >= 0.3 is 0 Å². The summed E-state index contributed by atoms with van der Waals surface area (Å²) in [5.41, 5.74) is 1.19. The number of nitrogens with one attached hydrogen (secondary N) is 1. The first-order valence-corrected chi connectivity index (χ1v) is 7.12. The summed E-state index contributed by atoms with van der Waals surface area (Å²) in [5.74, 6) is 2.38. The molecule has 98 valence electrons. The van der Waals surface area contributed by atoms with Crippen molar-refractivity contribution in [2.45, 2.75) is 32.1 Å². The molecular formula is C14H22N4. The molecule has 1 aliphatic carbocycles. The van der Waals surface area contributed by atoms with Gasteiger partial charge in [-0.2, -0.15) is 5.10 Å². The van der Waals surface area contributed by atoms with Crippen molar-refractivity contribution in [2.24, 2.45) is 5.92 Å². The second-order valence-corrected chi connectivity index (χ2v) is 5.70. The molecule has 0 bridgehead atoms. The van der Waals surface area contributed by atoms with Crippen molar-refractivity contribution in [3.05, 3.63) is 17.8 Å². The number of hydrogen-bond donors (Lipinski definition) is 1. The SMILES string of the molecule is CC1CNCCN(c2ccc(C3CCC3)nn2)C1. The van der Waals surface area contributed by atoms with Crippen LogP contribution in [0.5, 0.6) is 0 Å². The summed E-state index contributed by atoms with van der Waals surface area (Å²) in [4.78, 5) is 2.35. The minimum Gasteiger partial charge on any atom is -0.354 e. The van der Waals surface area contributed by atoms with Crippen molar-refractivity contribution in [2.75, 3.05) is 31.1 Å². The number of nitrogens with zero attached hydrogens (tertiary/aromatic N) is 3. The number of anilines is 1. The van der Waals surface area contributed by atoms with Crippen molar-refractivity contribution in [1.82, 2.24) is 15.5 Å². The Labute approximate surface area is 109 Å². The Morgan fingerprint density at radius 2 is 2.17 bits per heavy atom. The van der Waals surface area contributed by atoms with Gasteiger partial charge in [0, 0.05) is 25.6 Å². The first-order valence-electron chi connectivity index (χ1n) is 7.12. The molecule has 1 aromatic heterocycles. The molecule has 2 heterocycles. The van der Waals surface area contributed by atoms with Gasteiger partial charge in [-0.25, -0.2) is 0 Å². The van der Waals surface area contributed by atoms with Crippen LogP contribution >= 0.6 is 0 Å². The lowest BCUT2D eigenvalue weighted by Gasteiger charge is -2.26. The summed E-state index contributed by atoms with van der Waals surface area (Å²) in [5, 5.41) is 12.3. The smallest absolute Gasteiger partial charge is 0.151 e. The van der Waals surface area contributed by atoms with E-state index in [0.717, 1.165) is 32.0 Å². The van der Waals surface area contributed by atoms with Crippen LogP contribution in [0.25, 0.3) is 0 Å². The number of rotatable bonds is 2. The molecule has 4 heteroatoms. The minimum atomic E-state index is 0.667. The van der Waals surface area contributed by atoms with Gasteiger partial charge in [0.2, 0.25) is 0 Å². The molecule has 0 radical (unpaired) electrons. The molecule has 1 aliphatic heterocycles. The summed E-state index contributed by atoms with van der Waals surface area (Å²) in [6.45, 7) is 6.52. The Morgan fingerprint density at radius 1 is 1.28 bits per heavy atom. The topological polar surface area (TPSA) is 41.0 Å². The summed E-state index contributed by atoms with van der Waals surface area (Å²) >= 11 is 0. The lowest BCUT2D eigenvalue weighted by atomic mass is 9.83. The first-order chi connectivity index (χ1) is 8.83. The summed E-state index contributed by atoms with van der Waals surface area (Å²) in [7, 11) is 0. The standard InChI is InChI=1S/C14H22N4/c1-11-9-15-7-8-18(10-11)14-6-5-13(16-17-14)12-3-2-4-12/h5-6,11-12,15H,2-4,7-10H2,1H3. The van der Waals surface area contributed by atoms with Gasteiger partial charge in [-0.3, -0.25) is 0 Å². The van der Waals surface area contributed by atoms with Crippen molar-refractivity contribution < 1.29 is 0 Å². The van der Waals surface area contributed by atoms with Crippen molar-refractivity contribution in [3.63, 3.8) is 0 Å². The Kier molecular flexibility index (Phi) is 3.46. The first kappa shape index (κ1) is 11.9. The third kappa shape index (κ3) is 2.48. The molecule has 2 fully saturated rings. The number of aromatic nitrogens is 2. The largest absolute Gasteiger partial charge is 0.354 e. The maximum atomic E-state index is 4.43. The molecule has 0 amide bonds. The van der Waals surface area contributed by atoms with Gasteiger partial charge in [0.25, 0.3) is 0 Å². The molecule has 0 spiro atoms. The molecule has 3 rings (SSSR count). The molecule has 1 aromatic rings. The van der Waals surface area contributed by atoms with Crippen LogP contribution in [0.1, 0.15) is 37.8 Å². The van der Waals surface area contributed by atoms with Crippen LogP contribution in [0.2, 0.25) is 0 Å². The number of hydrogen-bond acceptors (Lipinski definition) is 4. The molecule has 0 aromatic carbocycles. The minimum absolute atomic E-state index is 0.667. The van der Waals surface area contributed by atoms with Crippen LogP contribution in [0.15, 0.2) is 12.1 Å². The zero-order valence-electron chi connectivity index (χ0n) is 11.1. The van der Waals surface area contributed by atoms with Gasteiger partial charge in [0.05, 0.1) is 5.69 Å². The Balaban J connectivity index is 1.70. The van der Waals surface area contributed by atoms with Gasteiger partial charge in [0.1, 0.15) is 0 Å². The highest BCUT2D eigenvalue weighted by atomic mass is 15.3. The fourth-order valence-electron chi connectivity index (χ4n) is 2.73. The van der Waals surface area contributed by atoms with Crippen LogP contribution < -0.4 is 10.2 Å². The van der Waals surface area contributed by atoms with Gasteiger partial charge in [-0.15, -0.1) is 5.10 Å². The molecule has 2 aliphatic rings. The van der Waals surface area contributed by atoms with E-state index in [1.54, 1.807) is 0 Å². The zero-order chi connectivity index (χ0) is 12.4.